The largest absolute Gasteiger partial charge is 0.464 e. The van der Waals surface area contributed by atoms with Gasteiger partial charge in [0.1, 0.15) is 22.5 Å². The smallest absolute Gasteiger partial charge is 0.360 e. The molecule has 0 fully saturated rings. The molecule has 0 aromatic carbocycles. The monoisotopic (exact) mass is 398 g/mol. The lowest BCUT2D eigenvalue weighted by atomic mass is 10.1. The average molecular weight is 398 g/mol. The SMILES string of the molecule is COC(=O)c1nc([C@@H](NC(=O)c2csc([C@@H](N)[C@@H](C)O)n2)[C@@H](C)O)oc1C. The third-order valence-corrected chi connectivity index (χ3v) is 4.73. The Bertz CT molecular complexity index is 816. The van der Waals surface area contributed by atoms with Gasteiger partial charge in [0, 0.05) is 5.38 Å². The van der Waals surface area contributed by atoms with Gasteiger partial charge < -0.3 is 30.4 Å². The van der Waals surface area contributed by atoms with Crippen molar-refractivity contribution in [3.8, 4) is 0 Å². The first-order valence-corrected chi connectivity index (χ1v) is 8.97. The average Bonchev–Trinajstić information content (AvgIpc) is 3.24. The fraction of sp³-hybridized carbons (Fsp3) is 0.500. The molecule has 0 radical (unpaired) electrons. The minimum Gasteiger partial charge on any atom is -0.464 e. The number of oxazole rings is 1. The number of nitrogens with zero attached hydrogens (tertiary/aromatic N) is 2. The van der Waals surface area contributed by atoms with Gasteiger partial charge in [0.2, 0.25) is 5.89 Å². The van der Waals surface area contributed by atoms with Crippen molar-refractivity contribution in [1.29, 1.82) is 0 Å². The van der Waals surface area contributed by atoms with Gasteiger partial charge in [-0.25, -0.2) is 14.8 Å². The maximum absolute atomic E-state index is 12.5. The summed E-state index contributed by atoms with van der Waals surface area (Å²) in [5.41, 5.74) is 5.85. The van der Waals surface area contributed by atoms with E-state index in [-0.39, 0.29) is 23.0 Å². The maximum atomic E-state index is 12.5. The number of nitrogens with two attached hydrogens (primary N) is 1. The minimum atomic E-state index is -1.06. The van der Waals surface area contributed by atoms with Crippen LogP contribution in [0.25, 0.3) is 0 Å². The Labute approximate surface area is 159 Å². The molecule has 11 heteroatoms. The summed E-state index contributed by atoms with van der Waals surface area (Å²) in [4.78, 5) is 32.3. The Balaban J connectivity index is 2.22. The third kappa shape index (κ3) is 4.69. The summed E-state index contributed by atoms with van der Waals surface area (Å²) in [6.45, 7) is 4.49. The molecule has 0 aliphatic rings. The fourth-order valence-electron chi connectivity index (χ4n) is 2.19. The Morgan fingerprint density at radius 3 is 2.52 bits per heavy atom. The first kappa shape index (κ1) is 21.0. The van der Waals surface area contributed by atoms with Crippen LogP contribution in [0, 0.1) is 6.92 Å². The van der Waals surface area contributed by atoms with Crippen molar-refractivity contribution in [3.63, 3.8) is 0 Å². The van der Waals surface area contributed by atoms with Crippen molar-refractivity contribution in [2.45, 2.75) is 45.1 Å². The van der Waals surface area contributed by atoms with E-state index < -0.39 is 36.2 Å². The first-order valence-electron chi connectivity index (χ1n) is 8.09. The van der Waals surface area contributed by atoms with E-state index in [0.29, 0.717) is 5.01 Å². The Morgan fingerprint density at radius 1 is 1.30 bits per heavy atom. The van der Waals surface area contributed by atoms with Crippen LogP contribution in [-0.2, 0) is 4.74 Å². The maximum Gasteiger partial charge on any atom is 0.360 e. The van der Waals surface area contributed by atoms with Crippen LogP contribution in [0.3, 0.4) is 0 Å². The number of carbonyl (C=O) groups excluding carboxylic acids is 2. The number of amides is 1. The van der Waals surface area contributed by atoms with Crippen molar-refractivity contribution in [2.75, 3.05) is 7.11 Å². The van der Waals surface area contributed by atoms with Crippen molar-refractivity contribution < 1.29 is 29.0 Å². The summed E-state index contributed by atoms with van der Waals surface area (Å²) in [5.74, 6) is -1.10. The molecule has 2 rings (SSSR count). The minimum absolute atomic E-state index is 0.0348. The van der Waals surface area contributed by atoms with Crippen LogP contribution in [0.5, 0.6) is 0 Å². The van der Waals surface area contributed by atoms with Crippen LogP contribution in [0.15, 0.2) is 9.80 Å². The van der Waals surface area contributed by atoms with Crippen molar-refractivity contribution in [3.05, 3.63) is 33.4 Å². The highest BCUT2D eigenvalue weighted by atomic mass is 32.1. The topological polar surface area (TPSA) is 161 Å². The predicted molar refractivity (Wildman–Crippen MR) is 95.2 cm³/mol. The summed E-state index contributed by atoms with van der Waals surface area (Å²) in [6.07, 6.45) is -1.88. The molecule has 27 heavy (non-hydrogen) atoms. The number of thiazole rings is 1. The van der Waals surface area contributed by atoms with E-state index in [1.165, 1.54) is 33.3 Å². The highest BCUT2D eigenvalue weighted by Crippen LogP contribution is 2.23. The molecule has 0 spiro atoms. The number of aliphatic hydroxyl groups excluding tert-OH is 2. The Hall–Kier alpha value is -2.34. The van der Waals surface area contributed by atoms with Crippen molar-refractivity contribution in [2.24, 2.45) is 5.73 Å². The summed E-state index contributed by atoms with van der Waals surface area (Å²) in [7, 11) is 1.21. The lowest BCUT2D eigenvalue weighted by Crippen LogP contribution is -2.35. The summed E-state index contributed by atoms with van der Waals surface area (Å²) in [5, 5.41) is 24.0. The zero-order valence-corrected chi connectivity index (χ0v) is 16.1. The molecule has 0 saturated heterocycles. The zero-order valence-electron chi connectivity index (χ0n) is 15.3. The van der Waals surface area contributed by atoms with Crippen molar-refractivity contribution in [1.82, 2.24) is 15.3 Å². The van der Waals surface area contributed by atoms with Gasteiger partial charge in [0.15, 0.2) is 5.69 Å². The molecule has 0 aliphatic carbocycles. The number of nitrogens with one attached hydrogen (secondary N) is 1. The quantitative estimate of drug-likeness (QED) is 0.485. The van der Waals surface area contributed by atoms with Gasteiger partial charge >= 0.3 is 5.97 Å². The number of aliphatic hydroxyl groups is 2. The molecule has 1 amide bonds. The molecule has 2 aromatic rings. The highest BCUT2D eigenvalue weighted by Gasteiger charge is 2.29. The molecule has 0 bridgehead atoms. The number of esters is 1. The third-order valence-electron chi connectivity index (χ3n) is 3.79. The number of hydrogen-bond donors (Lipinski definition) is 4. The molecule has 2 heterocycles. The number of rotatable bonds is 7. The summed E-state index contributed by atoms with van der Waals surface area (Å²) in [6, 6.07) is -1.72. The van der Waals surface area contributed by atoms with Gasteiger partial charge in [-0.15, -0.1) is 11.3 Å². The molecular weight excluding hydrogens is 376 g/mol. The van der Waals surface area contributed by atoms with Crippen molar-refractivity contribution >= 4 is 23.2 Å². The lowest BCUT2D eigenvalue weighted by molar-refractivity contribution is 0.0592. The van der Waals surface area contributed by atoms with Gasteiger partial charge in [0.25, 0.3) is 5.91 Å². The normalized spacial score (nSPS) is 15.7. The number of hydrogen-bond acceptors (Lipinski definition) is 10. The van der Waals surface area contributed by atoms with Gasteiger partial charge in [-0.3, -0.25) is 4.79 Å². The van der Waals surface area contributed by atoms with E-state index in [1.807, 2.05) is 0 Å². The van der Waals surface area contributed by atoms with Crippen LogP contribution in [0.4, 0.5) is 0 Å². The summed E-state index contributed by atoms with van der Waals surface area (Å²) >= 11 is 1.14. The first-order chi connectivity index (χ1) is 12.6. The van der Waals surface area contributed by atoms with Crippen LogP contribution < -0.4 is 11.1 Å². The number of ether oxygens (including phenoxy) is 1. The number of aryl methyl sites for hydroxylation is 1. The number of carbonyl (C=O) groups is 2. The number of methoxy groups -OCH3 is 1. The predicted octanol–water partition coefficient (Wildman–Crippen LogP) is 0.459. The number of aromatic nitrogens is 2. The summed E-state index contributed by atoms with van der Waals surface area (Å²) < 4.78 is 10.0. The molecule has 0 unspecified atom stereocenters. The van der Waals surface area contributed by atoms with Gasteiger partial charge in [-0.05, 0) is 20.8 Å². The van der Waals surface area contributed by atoms with E-state index in [9.17, 15) is 19.8 Å². The fourth-order valence-corrected chi connectivity index (χ4v) is 3.09. The second-order valence-electron chi connectivity index (χ2n) is 5.98. The Kier molecular flexibility index (Phi) is 6.65. The molecule has 5 N–H and O–H groups in total. The van der Waals surface area contributed by atoms with E-state index in [4.69, 9.17) is 10.2 Å². The van der Waals surface area contributed by atoms with Gasteiger partial charge in [0.05, 0.1) is 25.4 Å². The Morgan fingerprint density at radius 2 is 1.96 bits per heavy atom. The van der Waals surface area contributed by atoms with E-state index in [1.54, 1.807) is 0 Å². The van der Waals surface area contributed by atoms with Crippen LogP contribution >= 0.6 is 11.3 Å². The molecule has 148 valence electrons. The van der Waals surface area contributed by atoms with E-state index >= 15 is 0 Å². The highest BCUT2D eigenvalue weighted by molar-refractivity contribution is 7.09. The van der Waals surface area contributed by atoms with E-state index in [0.717, 1.165) is 11.3 Å². The molecule has 0 aliphatic heterocycles. The van der Waals surface area contributed by atoms with Gasteiger partial charge in [-0.1, -0.05) is 0 Å². The zero-order chi connectivity index (χ0) is 20.3. The van der Waals surface area contributed by atoms with Crippen LogP contribution in [0.1, 0.15) is 63.6 Å². The molecule has 10 nitrogen and oxygen atoms in total. The standard InChI is InChI=1S/C16H22N4O6S/c1-6(21)10(17)15-18-9(5-27-15)13(23)19-11(7(2)22)14-20-12(8(3)26-14)16(24)25-4/h5-7,10-11,21-22H,17H2,1-4H3,(H,19,23)/t6-,7-,10+,11+/m1/s1. The lowest BCUT2D eigenvalue weighted by Gasteiger charge is -2.17. The van der Waals surface area contributed by atoms with E-state index in [2.05, 4.69) is 20.0 Å². The second kappa shape index (κ2) is 8.57. The van der Waals surface area contributed by atoms with Crippen LogP contribution in [0.2, 0.25) is 0 Å². The molecule has 2 aromatic heterocycles. The van der Waals surface area contributed by atoms with Gasteiger partial charge in [-0.2, -0.15) is 0 Å². The molecule has 0 saturated carbocycles. The second-order valence-corrected chi connectivity index (χ2v) is 6.87. The molecule has 4 atom stereocenters. The van der Waals surface area contributed by atoms with Crippen LogP contribution in [-0.4, -0.2) is 51.4 Å². The molecular formula is C16H22N4O6S.